The van der Waals surface area contributed by atoms with Gasteiger partial charge in [0, 0.05) is 5.30 Å². The maximum absolute atomic E-state index is 7.69. The van der Waals surface area contributed by atoms with Crippen LogP contribution in [-0.4, -0.2) is 0 Å². The van der Waals surface area contributed by atoms with E-state index >= 15 is 0 Å². The first-order chi connectivity index (χ1) is 29.7. The zero-order valence-corrected chi connectivity index (χ0v) is 34.6. The Labute approximate surface area is 357 Å². The molecule has 0 atom stereocenters. The van der Waals surface area contributed by atoms with Crippen LogP contribution < -0.4 is 14.6 Å². The molecule has 0 unspecified atom stereocenters. The molecular formula is C56H41N2PS. The van der Waals surface area contributed by atoms with Gasteiger partial charge in [0.05, 0.1) is 33.6 Å². The van der Waals surface area contributed by atoms with Crippen molar-refractivity contribution >= 4 is 46.2 Å². The van der Waals surface area contributed by atoms with Crippen LogP contribution in [0.15, 0.2) is 249 Å². The van der Waals surface area contributed by atoms with Crippen LogP contribution in [0.5, 0.6) is 0 Å². The molecule has 0 saturated heterocycles. The summed E-state index contributed by atoms with van der Waals surface area (Å²) in [5, 5.41) is 1.10. The molecule has 0 amide bonds. The Bertz CT molecular complexity index is 2660. The first-order valence-corrected chi connectivity index (χ1v) is 23.3. The van der Waals surface area contributed by atoms with Gasteiger partial charge in [0.2, 0.25) is 0 Å². The highest BCUT2D eigenvalue weighted by molar-refractivity contribution is 8.20. The zero-order valence-electron chi connectivity index (χ0n) is 32.9. The highest BCUT2D eigenvalue weighted by Crippen LogP contribution is 2.71. The van der Waals surface area contributed by atoms with E-state index in [1.165, 1.54) is 44.5 Å². The fourth-order valence-corrected chi connectivity index (χ4v) is 14.8. The smallest absolute Gasteiger partial charge is 0.162 e. The van der Waals surface area contributed by atoms with Crippen LogP contribution in [0.1, 0.15) is 44.5 Å². The summed E-state index contributed by atoms with van der Waals surface area (Å²) in [4.78, 5) is 0. The molecule has 11 rings (SSSR count). The molecule has 2 aliphatic heterocycles. The third-order valence-corrected chi connectivity index (χ3v) is 17.1. The van der Waals surface area contributed by atoms with E-state index in [2.05, 4.69) is 258 Å². The lowest BCUT2D eigenvalue weighted by atomic mass is 9.63. The minimum absolute atomic E-state index is 0.615. The number of nitrogens with zero attached hydrogens (tertiary/aromatic N) is 2. The first kappa shape index (κ1) is 36.3. The number of fused-ring (bicyclic) bond motifs is 4. The van der Waals surface area contributed by atoms with E-state index < -0.39 is 17.2 Å². The number of hydrogen-bond donors (Lipinski definition) is 0. The summed E-state index contributed by atoms with van der Waals surface area (Å²) >= 11 is 7.69. The summed E-state index contributed by atoms with van der Waals surface area (Å²) in [6.07, 6.45) is -3.13. The second kappa shape index (κ2) is 14.5. The Hall–Kier alpha value is -6.77. The van der Waals surface area contributed by atoms with Crippen molar-refractivity contribution in [2.24, 2.45) is 0 Å². The quantitative estimate of drug-likeness (QED) is 0.148. The molecule has 0 saturated carbocycles. The minimum Gasteiger partial charge on any atom is -0.293 e. The molecular weight excluding hydrogens is 764 g/mol. The van der Waals surface area contributed by atoms with Crippen LogP contribution in [0.3, 0.4) is 0 Å². The van der Waals surface area contributed by atoms with Crippen LogP contribution in [0.2, 0.25) is 0 Å². The monoisotopic (exact) mass is 804 g/mol. The summed E-state index contributed by atoms with van der Waals surface area (Å²) in [5.41, 5.74) is 12.9. The van der Waals surface area contributed by atoms with Crippen molar-refractivity contribution in [3.63, 3.8) is 0 Å². The number of hydrogen-bond acceptors (Lipinski definition) is 1. The van der Waals surface area contributed by atoms with E-state index in [0.717, 1.165) is 28.1 Å². The van der Waals surface area contributed by atoms with E-state index in [0.29, 0.717) is 0 Å². The number of anilines is 4. The van der Waals surface area contributed by atoms with Crippen molar-refractivity contribution in [2.45, 2.75) is 10.8 Å². The Morgan fingerprint density at radius 3 is 0.750 bits per heavy atom. The zero-order chi connectivity index (χ0) is 40.2. The normalized spacial score (nSPS) is 14.6. The number of para-hydroxylation sites is 4. The van der Waals surface area contributed by atoms with Gasteiger partial charge in [0.1, 0.15) is 0 Å². The third-order valence-electron chi connectivity index (χ3n) is 12.6. The molecule has 9 aromatic carbocycles. The highest BCUT2D eigenvalue weighted by Gasteiger charge is 2.54. The molecule has 0 aliphatic carbocycles. The van der Waals surface area contributed by atoms with Gasteiger partial charge in [-0.15, -0.1) is 0 Å². The van der Waals surface area contributed by atoms with Gasteiger partial charge in [0.25, 0.3) is 0 Å². The van der Waals surface area contributed by atoms with Gasteiger partial charge in [-0.25, -0.2) is 0 Å². The fraction of sp³-hybridized carbons (Fsp3) is 0.0357. The summed E-state index contributed by atoms with van der Waals surface area (Å²) < 4.78 is 5.14. The SMILES string of the molecule is S=P(c1ccccc1)(N1c2ccccc2C(c2ccccc2)(c2ccccc2)c2ccccc21)N1c2ccccc2C(c2ccccc2)(c2ccccc2)c2ccccc21. The third kappa shape index (κ3) is 5.10. The van der Waals surface area contributed by atoms with Crippen molar-refractivity contribution in [2.75, 3.05) is 9.34 Å². The molecule has 4 heteroatoms. The standard InChI is InChI=1S/C56H41N2PS/c60-59(46-32-14-5-15-33-46,57-51-38-20-16-34-47(51)55(42-24-6-1-7-25-42,43-26-8-2-9-27-43)48-35-17-21-39-52(48)57)58-53-40-22-18-36-49(53)56(44-28-10-3-11-29-44,45-30-12-4-13-31-45)50-37-19-23-41-54(50)58/h1-41H. The molecule has 0 spiro atoms. The predicted molar refractivity (Wildman–Crippen MR) is 254 cm³/mol. The minimum atomic E-state index is -3.13. The topological polar surface area (TPSA) is 6.48 Å². The average Bonchev–Trinajstić information content (AvgIpc) is 3.33. The van der Waals surface area contributed by atoms with E-state index in [1.54, 1.807) is 0 Å². The van der Waals surface area contributed by atoms with Gasteiger partial charge >= 0.3 is 0 Å². The van der Waals surface area contributed by atoms with Crippen LogP contribution in [0, 0.1) is 0 Å². The molecule has 2 heterocycles. The van der Waals surface area contributed by atoms with Gasteiger partial charge in [-0.2, -0.15) is 0 Å². The lowest BCUT2D eigenvalue weighted by Crippen LogP contribution is -2.44. The van der Waals surface area contributed by atoms with Crippen molar-refractivity contribution in [3.05, 3.63) is 293 Å². The highest BCUT2D eigenvalue weighted by atomic mass is 32.4. The van der Waals surface area contributed by atoms with Crippen LogP contribution >= 0.6 is 6.34 Å². The molecule has 286 valence electrons. The molecule has 0 fully saturated rings. The largest absolute Gasteiger partial charge is 0.293 e. The fourth-order valence-electron chi connectivity index (χ4n) is 10.3. The van der Waals surface area contributed by atoms with E-state index in [-0.39, 0.29) is 0 Å². The summed E-state index contributed by atoms with van der Waals surface area (Å²) in [6.45, 7) is 0. The van der Waals surface area contributed by atoms with Crippen molar-refractivity contribution < 1.29 is 0 Å². The number of benzene rings is 9. The molecule has 0 N–H and O–H groups in total. The van der Waals surface area contributed by atoms with Gasteiger partial charge in [-0.1, -0.05) is 224 Å². The number of rotatable bonds is 7. The van der Waals surface area contributed by atoms with E-state index in [1.807, 2.05) is 0 Å². The molecule has 0 radical (unpaired) electrons. The van der Waals surface area contributed by atoms with Crippen LogP contribution in [-0.2, 0) is 22.6 Å². The maximum Gasteiger partial charge on any atom is 0.162 e. The maximum atomic E-state index is 7.69. The van der Waals surface area contributed by atoms with Crippen molar-refractivity contribution in [3.8, 4) is 0 Å². The van der Waals surface area contributed by atoms with Gasteiger partial charge < -0.3 is 0 Å². The summed E-state index contributed by atoms with van der Waals surface area (Å²) in [7, 11) is 0. The van der Waals surface area contributed by atoms with Crippen molar-refractivity contribution in [1.82, 2.24) is 0 Å². The summed E-state index contributed by atoms with van der Waals surface area (Å²) in [5.74, 6) is 0. The Balaban J connectivity index is 1.27. The predicted octanol–water partition coefficient (Wildman–Crippen LogP) is 13.7. The van der Waals surface area contributed by atoms with Gasteiger partial charge in [-0.05, 0) is 80.6 Å². The lowest BCUT2D eigenvalue weighted by Gasteiger charge is -2.55. The molecule has 2 aliphatic rings. The lowest BCUT2D eigenvalue weighted by molar-refractivity contribution is 0.731. The molecule has 60 heavy (non-hydrogen) atoms. The Kier molecular flexibility index (Phi) is 8.78. The second-order valence-corrected chi connectivity index (χ2v) is 19.5. The van der Waals surface area contributed by atoms with Crippen molar-refractivity contribution in [1.29, 1.82) is 0 Å². The summed E-state index contributed by atoms with van der Waals surface area (Å²) in [6, 6.07) is 91.0. The van der Waals surface area contributed by atoms with E-state index in [9.17, 15) is 0 Å². The van der Waals surface area contributed by atoms with Gasteiger partial charge in [-0.3, -0.25) is 9.34 Å². The Morgan fingerprint density at radius 1 is 0.267 bits per heavy atom. The van der Waals surface area contributed by atoms with Crippen LogP contribution in [0.25, 0.3) is 0 Å². The van der Waals surface area contributed by atoms with E-state index in [4.69, 9.17) is 11.8 Å². The molecule has 2 nitrogen and oxygen atoms in total. The molecule has 0 bridgehead atoms. The second-order valence-electron chi connectivity index (χ2n) is 15.5. The molecule has 9 aromatic rings. The Morgan fingerprint density at radius 2 is 0.483 bits per heavy atom. The van der Waals surface area contributed by atoms with Gasteiger partial charge in [0.15, 0.2) is 6.34 Å². The molecule has 0 aromatic heterocycles. The first-order valence-electron chi connectivity index (χ1n) is 20.6. The average molecular weight is 805 g/mol. The van der Waals surface area contributed by atoms with Crippen LogP contribution in [0.4, 0.5) is 22.7 Å².